The highest BCUT2D eigenvalue weighted by Crippen LogP contribution is 2.44. The Balaban J connectivity index is 1.63. The van der Waals surface area contributed by atoms with Crippen LogP contribution < -0.4 is 10.6 Å². The molecule has 22 heavy (non-hydrogen) atoms. The second-order valence-electron chi connectivity index (χ2n) is 6.94. The van der Waals surface area contributed by atoms with Crippen LogP contribution in [0.25, 0.3) is 0 Å². The molecule has 0 spiro atoms. The van der Waals surface area contributed by atoms with Crippen LogP contribution in [0.2, 0.25) is 0 Å². The Morgan fingerprint density at radius 2 is 2.18 bits per heavy atom. The van der Waals surface area contributed by atoms with Gasteiger partial charge in [-0.25, -0.2) is 4.79 Å². The quantitative estimate of drug-likeness (QED) is 0.731. The van der Waals surface area contributed by atoms with E-state index >= 15 is 0 Å². The van der Waals surface area contributed by atoms with Gasteiger partial charge in [0.15, 0.2) is 5.82 Å². The first-order valence-corrected chi connectivity index (χ1v) is 8.12. The molecule has 1 aliphatic carbocycles. The Morgan fingerprint density at radius 1 is 1.41 bits per heavy atom. The second-order valence-corrected chi connectivity index (χ2v) is 6.94. The SMILES string of the molecule is CC(C)C(NC(=O)NCC1(CO)CC1)c1nnc2n1CCC2. The van der Waals surface area contributed by atoms with Crippen LogP contribution in [-0.4, -0.2) is 39.1 Å². The molecule has 1 aromatic rings. The first-order valence-electron chi connectivity index (χ1n) is 8.12. The minimum absolute atomic E-state index is 0.0826. The first kappa shape index (κ1) is 15.3. The average Bonchev–Trinajstić information content (AvgIpc) is 2.94. The zero-order valence-electron chi connectivity index (χ0n) is 13.3. The Kier molecular flexibility index (Phi) is 4.08. The maximum absolute atomic E-state index is 12.2. The summed E-state index contributed by atoms with van der Waals surface area (Å²) < 4.78 is 2.13. The number of urea groups is 1. The number of aliphatic hydroxyl groups excluding tert-OH is 1. The molecule has 1 aliphatic heterocycles. The summed E-state index contributed by atoms with van der Waals surface area (Å²) >= 11 is 0. The maximum Gasteiger partial charge on any atom is 0.315 e. The summed E-state index contributed by atoms with van der Waals surface area (Å²) in [6.45, 7) is 5.73. The van der Waals surface area contributed by atoms with Gasteiger partial charge < -0.3 is 20.3 Å². The maximum atomic E-state index is 12.2. The van der Waals surface area contributed by atoms with Gasteiger partial charge in [-0.05, 0) is 25.2 Å². The van der Waals surface area contributed by atoms with Crippen molar-refractivity contribution in [1.29, 1.82) is 0 Å². The number of aryl methyl sites for hydroxylation is 1. The number of carbonyl (C=O) groups is 1. The summed E-state index contributed by atoms with van der Waals surface area (Å²) in [7, 11) is 0. The number of fused-ring (bicyclic) bond motifs is 1. The third kappa shape index (κ3) is 2.95. The summed E-state index contributed by atoms with van der Waals surface area (Å²) in [5, 5.41) is 23.7. The molecule has 122 valence electrons. The van der Waals surface area contributed by atoms with Crippen molar-refractivity contribution >= 4 is 6.03 Å². The Morgan fingerprint density at radius 3 is 2.82 bits per heavy atom. The van der Waals surface area contributed by atoms with E-state index in [2.05, 4.69) is 39.2 Å². The molecule has 2 amide bonds. The van der Waals surface area contributed by atoms with Crippen molar-refractivity contribution < 1.29 is 9.90 Å². The van der Waals surface area contributed by atoms with E-state index in [0.29, 0.717) is 6.54 Å². The van der Waals surface area contributed by atoms with Crippen LogP contribution in [0.4, 0.5) is 4.79 Å². The molecular weight excluding hydrogens is 282 g/mol. The molecule has 0 bridgehead atoms. The molecule has 3 rings (SSSR count). The van der Waals surface area contributed by atoms with E-state index in [9.17, 15) is 9.90 Å². The Hall–Kier alpha value is -1.63. The van der Waals surface area contributed by atoms with Gasteiger partial charge in [0.2, 0.25) is 0 Å². The summed E-state index contributed by atoms with van der Waals surface area (Å²) in [5.74, 6) is 2.09. The molecule has 1 atom stereocenters. The van der Waals surface area contributed by atoms with E-state index in [4.69, 9.17) is 0 Å². The number of hydrogen-bond donors (Lipinski definition) is 3. The fourth-order valence-corrected chi connectivity index (χ4v) is 2.96. The number of nitrogens with zero attached hydrogens (tertiary/aromatic N) is 3. The van der Waals surface area contributed by atoms with Crippen molar-refractivity contribution in [1.82, 2.24) is 25.4 Å². The highest BCUT2D eigenvalue weighted by Gasteiger charge is 2.42. The van der Waals surface area contributed by atoms with Gasteiger partial charge in [0, 0.05) is 24.9 Å². The minimum Gasteiger partial charge on any atom is -0.396 e. The van der Waals surface area contributed by atoms with E-state index in [1.807, 2.05) is 0 Å². The molecule has 1 unspecified atom stereocenters. The molecule has 0 saturated heterocycles. The fraction of sp³-hybridized carbons (Fsp3) is 0.800. The summed E-state index contributed by atoms with van der Waals surface area (Å²) in [6, 6.07) is -0.350. The monoisotopic (exact) mass is 307 g/mol. The molecule has 1 aromatic heterocycles. The number of hydrogen-bond acceptors (Lipinski definition) is 4. The number of carbonyl (C=O) groups excluding carboxylic acids is 1. The lowest BCUT2D eigenvalue weighted by molar-refractivity contribution is 0.200. The van der Waals surface area contributed by atoms with Crippen LogP contribution in [0.5, 0.6) is 0 Å². The lowest BCUT2D eigenvalue weighted by atomic mass is 10.0. The third-order valence-corrected chi connectivity index (χ3v) is 4.79. The molecule has 0 aromatic carbocycles. The lowest BCUT2D eigenvalue weighted by Gasteiger charge is -2.23. The van der Waals surface area contributed by atoms with Crippen molar-refractivity contribution in [2.75, 3.05) is 13.2 Å². The normalized spacial score (nSPS) is 19.8. The van der Waals surface area contributed by atoms with Crippen molar-refractivity contribution in [3.8, 4) is 0 Å². The zero-order chi connectivity index (χ0) is 15.7. The molecule has 7 nitrogen and oxygen atoms in total. The van der Waals surface area contributed by atoms with E-state index < -0.39 is 0 Å². The zero-order valence-corrected chi connectivity index (χ0v) is 13.3. The highest BCUT2D eigenvalue weighted by molar-refractivity contribution is 5.74. The molecule has 2 aliphatic rings. The van der Waals surface area contributed by atoms with Crippen molar-refractivity contribution in [3.05, 3.63) is 11.6 Å². The molecular formula is C15H25N5O2. The number of aromatic nitrogens is 3. The van der Waals surface area contributed by atoms with Crippen LogP contribution >= 0.6 is 0 Å². The largest absolute Gasteiger partial charge is 0.396 e. The van der Waals surface area contributed by atoms with Gasteiger partial charge in [0.05, 0.1) is 12.6 Å². The van der Waals surface area contributed by atoms with E-state index in [1.165, 1.54) is 0 Å². The predicted octanol–water partition coefficient (Wildman–Crippen LogP) is 0.993. The van der Waals surface area contributed by atoms with Gasteiger partial charge in [-0.3, -0.25) is 0 Å². The van der Waals surface area contributed by atoms with Crippen LogP contribution in [0, 0.1) is 11.3 Å². The minimum atomic E-state index is -0.200. The van der Waals surface area contributed by atoms with Crippen LogP contribution in [0.15, 0.2) is 0 Å². The van der Waals surface area contributed by atoms with Gasteiger partial charge in [0.1, 0.15) is 5.82 Å². The number of nitrogens with one attached hydrogen (secondary N) is 2. The Labute approximate surface area is 130 Å². The second kappa shape index (κ2) is 5.87. The van der Waals surface area contributed by atoms with Gasteiger partial charge in [0.25, 0.3) is 0 Å². The van der Waals surface area contributed by atoms with Crippen molar-refractivity contribution in [3.63, 3.8) is 0 Å². The molecule has 2 heterocycles. The van der Waals surface area contributed by atoms with Gasteiger partial charge in [-0.15, -0.1) is 10.2 Å². The standard InChI is InChI=1S/C15H25N5O2/c1-10(2)12(13-19-18-11-4-3-7-20(11)13)17-14(22)16-8-15(9-21)5-6-15/h10,12,21H,3-9H2,1-2H3,(H2,16,17,22). The van der Waals surface area contributed by atoms with E-state index in [1.54, 1.807) is 0 Å². The van der Waals surface area contributed by atoms with Crippen LogP contribution in [-0.2, 0) is 13.0 Å². The van der Waals surface area contributed by atoms with E-state index in [-0.39, 0.29) is 30.0 Å². The van der Waals surface area contributed by atoms with Crippen LogP contribution in [0.3, 0.4) is 0 Å². The molecule has 0 radical (unpaired) electrons. The predicted molar refractivity (Wildman–Crippen MR) is 81.2 cm³/mol. The smallest absolute Gasteiger partial charge is 0.315 e. The highest BCUT2D eigenvalue weighted by atomic mass is 16.3. The average molecular weight is 307 g/mol. The molecule has 1 fully saturated rings. The molecule has 7 heteroatoms. The molecule has 1 saturated carbocycles. The van der Waals surface area contributed by atoms with Gasteiger partial charge in [-0.1, -0.05) is 13.8 Å². The summed E-state index contributed by atoms with van der Waals surface area (Å²) in [6.07, 6.45) is 4.01. The first-order chi connectivity index (χ1) is 10.5. The van der Waals surface area contributed by atoms with Crippen LogP contribution in [0.1, 0.15) is 50.8 Å². The van der Waals surface area contributed by atoms with E-state index in [0.717, 1.165) is 43.9 Å². The van der Waals surface area contributed by atoms with Gasteiger partial charge in [-0.2, -0.15) is 0 Å². The third-order valence-electron chi connectivity index (χ3n) is 4.79. The summed E-state index contributed by atoms with van der Waals surface area (Å²) in [5.41, 5.74) is -0.0826. The number of amides is 2. The van der Waals surface area contributed by atoms with Gasteiger partial charge >= 0.3 is 6.03 Å². The topological polar surface area (TPSA) is 92.1 Å². The number of rotatable bonds is 6. The summed E-state index contributed by atoms with van der Waals surface area (Å²) in [4.78, 5) is 12.2. The number of aliphatic hydroxyl groups is 1. The lowest BCUT2D eigenvalue weighted by Crippen LogP contribution is -2.43. The van der Waals surface area contributed by atoms with Crippen molar-refractivity contribution in [2.45, 2.75) is 52.1 Å². The molecule has 3 N–H and O–H groups in total. The fourth-order valence-electron chi connectivity index (χ4n) is 2.96. The Bertz CT molecular complexity index is 550. The van der Waals surface area contributed by atoms with Crippen molar-refractivity contribution in [2.24, 2.45) is 11.3 Å².